The summed E-state index contributed by atoms with van der Waals surface area (Å²) in [5, 5.41) is 8.40. The second kappa shape index (κ2) is 22.6. The zero-order chi connectivity index (χ0) is 16.9. The minimum atomic E-state index is -0.673. The second-order valence-electron chi connectivity index (χ2n) is 5.75. The molecule has 0 heterocycles. The topological polar surface area (TPSA) is 115 Å². The Morgan fingerprint density at radius 3 is 1.09 bits per heavy atom. The van der Waals surface area contributed by atoms with Crippen LogP contribution in [-0.4, -0.2) is 30.7 Å². The third-order valence-corrected chi connectivity index (χ3v) is 3.50. The molecule has 22 heavy (non-hydrogen) atoms. The monoisotopic (exact) mass is 317 g/mol. The van der Waals surface area contributed by atoms with E-state index in [1.807, 2.05) is 0 Å². The summed E-state index contributed by atoms with van der Waals surface area (Å²) in [6, 6.07) is 0. The largest absolute Gasteiger partial charge is 0.481 e. The summed E-state index contributed by atoms with van der Waals surface area (Å²) in [5.74, 6) is -0.673. The highest BCUT2D eigenvalue weighted by atomic mass is 16.4. The van der Waals surface area contributed by atoms with Crippen LogP contribution in [0.2, 0.25) is 0 Å². The molecule has 7 N–H and O–H groups in total. The highest BCUT2D eigenvalue weighted by molar-refractivity contribution is 5.66. The molecule has 0 spiro atoms. The number of carboxylic acid groups (broad SMARTS) is 1. The van der Waals surface area contributed by atoms with E-state index in [4.69, 9.17) is 22.3 Å². The summed E-state index contributed by atoms with van der Waals surface area (Å²) in [7, 11) is 0. The molecule has 0 aromatic rings. The van der Waals surface area contributed by atoms with Crippen molar-refractivity contribution in [3.63, 3.8) is 0 Å². The Labute approximate surface area is 137 Å². The van der Waals surface area contributed by atoms with Crippen molar-refractivity contribution >= 4 is 5.97 Å². The molecule has 5 nitrogen and oxygen atoms in total. The second-order valence-corrected chi connectivity index (χ2v) is 5.75. The van der Waals surface area contributed by atoms with Gasteiger partial charge in [0, 0.05) is 6.42 Å². The summed E-state index contributed by atoms with van der Waals surface area (Å²) in [5.41, 5.74) is 15.9. The van der Waals surface area contributed by atoms with Crippen molar-refractivity contribution in [1.82, 2.24) is 0 Å². The smallest absolute Gasteiger partial charge is 0.303 e. The third kappa shape index (κ3) is 27.7. The van der Waals surface area contributed by atoms with Gasteiger partial charge in [0.05, 0.1) is 0 Å². The van der Waals surface area contributed by atoms with Crippen LogP contribution in [0.5, 0.6) is 0 Å². The summed E-state index contributed by atoms with van der Waals surface area (Å²) in [4.78, 5) is 10.2. The van der Waals surface area contributed by atoms with Gasteiger partial charge in [0.1, 0.15) is 0 Å². The molecule has 0 fully saturated rings. The lowest BCUT2D eigenvalue weighted by molar-refractivity contribution is -0.137. The summed E-state index contributed by atoms with van der Waals surface area (Å²) in [6.07, 6.45) is 14.4. The van der Waals surface area contributed by atoms with Crippen molar-refractivity contribution in [1.29, 1.82) is 0 Å². The van der Waals surface area contributed by atoms with E-state index in [0.717, 1.165) is 51.7 Å². The molecule has 0 aromatic carbocycles. The Balaban J connectivity index is 0. The van der Waals surface area contributed by atoms with Gasteiger partial charge in [0.25, 0.3) is 0 Å². The molecule has 0 aromatic heterocycles. The van der Waals surface area contributed by atoms with Crippen LogP contribution in [0.1, 0.15) is 83.5 Å². The molecule has 0 saturated heterocycles. The van der Waals surface area contributed by atoms with Crippen molar-refractivity contribution < 1.29 is 9.90 Å². The van der Waals surface area contributed by atoms with E-state index in [9.17, 15) is 4.79 Å². The van der Waals surface area contributed by atoms with E-state index in [1.165, 1.54) is 44.9 Å². The molecule has 5 heteroatoms. The Morgan fingerprint density at radius 2 is 0.818 bits per heavy atom. The molecule has 0 aliphatic heterocycles. The maximum absolute atomic E-state index is 10.2. The predicted octanol–water partition coefficient (Wildman–Crippen LogP) is 3.00. The Bertz CT molecular complexity index is 208. The first-order valence-corrected chi connectivity index (χ1v) is 9.01. The van der Waals surface area contributed by atoms with Gasteiger partial charge in [-0.15, -0.1) is 0 Å². The number of carboxylic acids is 1. The van der Waals surface area contributed by atoms with Crippen LogP contribution in [0.3, 0.4) is 0 Å². The van der Waals surface area contributed by atoms with Gasteiger partial charge in [-0.25, -0.2) is 0 Å². The first-order chi connectivity index (χ1) is 10.7. The van der Waals surface area contributed by atoms with Crippen molar-refractivity contribution in [2.24, 2.45) is 17.2 Å². The minimum absolute atomic E-state index is 0.327. The van der Waals surface area contributed by atoms with Crippen LogP contribution < -0.4 is 17.2 Å². The van der Waals surface area contributed by atoms with Crippen molar-refractivity contribution in [3.8, 4) is 0 Å². The van der Waals surface area contributed by atoms with Crippen LogP contribution in [0, 0.1) is 0 Å². The summed E-state index contributed by atoms with van der Waals surface area (Å²) >= 11 is 0. The lowest BCUT2D eigenvalue weighted by Crippen LogP contribution is -2.00. The van der Waals surface area contributed by atoms with Crippen LogP contribution in [0.15, 0.2) is 0 Å². The molecular weight excluding hydrogens is 278 g/mol. The number of aliphatic carboxylic acids is 1. The highest BCUT2D eigenvalue weighted by Crippen LogP contribution is 2.09. The zero-order valence-electron chi connectivity index (χ0n) is 14.4. The van der Waals surface area contributed by atoms with E-state index in [1.54, 1.807) is 0 Å². The summed E-state index contributed by atoms with van der Waals surface area (Å²) in [6.45, 7) is 2.45. The van der Waals surface area contributed by atoms with Crippen molar-refractivity contribution in [3.05, 3.63) is 0 Å². The molecule has 134 valence electrons. The maximum Gasteiger partial charge on any atom is 0.303 e. The molecule has 0 atom stereocenters. The van der Waals surface area contributed by atoms with Gasteiger partial charge >= 0.3 is 5.97 Å². The van der Waals surface area contributed by atoms with E-state index in [-0.39, 0.29) is 0 Å². The summed E-state index contributed by atoms with van der Waals surface area (Å²) < 4.78 is 0. The molecule has 0 aliphatic carbocycles. The van der Waals surface area contributed by atoms with Gasteiger partial charge in [-0.05, 0) is 45.3 Å². The van der Waals surface area contributed by atoms with Gasteiger partial charge in [-0.1, -0.05) is 51.4 Å². The van der Waals surface area contributed by atoms with Gasteiger partial charge < -0.3 is 22.3 Å². The molecular formula is C17H39N3O2. The van der Waals surface area contributed by atoms with Crippen LogP contribution in [0.4, 0.5) is 0 Å². The van der Waals surface area contributed by atoms with Crippen LogP contribution in [0.25, 0.3) is 0 Å². The zero-order valence-corrected chi connectivity index (χ0v) is 14.4. The normalized spacial score (nSPS) is 10.1. The fourth-order valence-corrected chi connectivity index (χ4v) is 2.12. The molecule has 0 bridgehead atoms. The quantitative estimate of drug-likeness (QED) is 0.346. The van der Waals surface area contributed by atoms with Gasteiger partial charge in [-0.3, -0.25) is 4.79 Å². The Kier molecular flexibility index (Phi) is 24.3. The van der Waals surface area contributed by atoms with Crippen LogP contribution in [-0.2, 0) is 4.79 Å². The number of hydrogen-bond acceptors (Lipinski definition) is 4. The highest BCUT2D eigenvalue weighted by Gasteiger charge is 1.96. The van der Waals surface area contributed by atoms with E-state index < -0.39 is 5.97 Å². The lowest BCUT2D eigenvalue weighted by atomic mass is 10.1. The average molecular weight is 318 g/mol. The van der Waals surface area contributed by atoms with Gasteiger partial charge in [0.2, 0.25) is 0 Å². The van der Waals surface area contributed by atoms with Crippen LogP contribution >= 0.6 is 0 Å². The predicted molar refractivity (Wildman–Crippen MR) is 94.8 cm³/mol. The number of nitrogens with two attached hydrogens (primary N) is 3. The van der Waals surface area contributed by atoms with Crippen molar-refractivity contribution in [2.75, 3.05) is 19.6 Å². The Hall–Kier alpha value is -0.650. The SMILES string of the molecule is NCCCCCCCCCCC(=O)O.NCCCCCCN. The molecule has 0 unspecified atom stereocenters. The molecule has 0 amide bonds. The number of unbranched alkanes of at least 4 members (excludes halogenated alkanes) is 10. The number of rotatable bonds is 15. The molecule has 0 rings (SSSR count). The van der Waals surface area contributed by atoms with E-state index >= 15 is 0 Å². The minimum Gasteiger partial charge on any atom is -0.481 e. The van der Waals surface area contributed by atoms with Gasteiger partial charge in [-0.2, -0.15) is 0 Å². The first kappa shape index (κ1) is 23.6. The molecule has 0 aliphatic rings. The Morgan fingerprint density at radius 1 is 0.545 bits per heavy atom. The molecule has 0 radical (unpaired) electrons. The first-order valence-electron chi connectivity index (χ1n) is 9.01. The van der Waals surface area contributed by atoms with E-state index in [2.05, 4.69) is 0 Å². The van der Waals surface area contributed by atoms with Gasteiger partial charge in [0.15, 0.2) is 0 Å². The average Bonchev–Trinajstić information content (AvgIpc) is 2.50. The van der Waals surface area contributed by atoms with Crippen molar-refractivity contribution in [2.45, 2.75) is 83.5 Å². The fourth-order valence-electron chi connectivity index (χ4n) is 2.12. The molecule has 0 saturated carbocycles. The lowest BCUT2D eigenvalue weighted by Gasteiger charge is -2.00. The third-order valence-electron chi connectivity index (χ3n) is 3.50. The number of carbonyl (C=O) groups is 1. The number of hydrogen-bond donors (Lipinski definition) is 4. The fraction of sp³-hybridized carbons (Fsp3) is 0.941. The maximum atomic E-state index is 10.2. The van der Waals surface area contributed by atoms with E-state index in [0.29, 0.717) is 6.42 Å². The standard InChI is InChI=1S/C11H23NO2.C6H16N2/c12-10-8-6-4-2-1-3-5-7-9-11(13)14;7-5-3-1-2-4-6-8/h1-10,12H2,(H,13,14);1-8H2.